The van der Waals surface area contributed by atoms with Crippen molar-refractivity contribution in [2.75, 3.05) is 24.6 Å². The Morgan fingerprint density at radius 3 is 2.76 bits per heavy atom. The smallest absolute Gasteiger partial charge is 0.303 e. The summed E-state index contributed by atoms with van der Waals surface area (Å²) in [6.45, 7) is 1.31. The third kappa shape index (κ3) is 5.42. The molecule has 1 aliphatic heterocycles. The van der Waals surface area contributed by atoms with Gasteiger partial charge in [0.25, 0.3) is 0 Å². The van der Waals surface area contributed by atoms with Crippen LogP contribution in [0.25, 0.3) is 0 Å². The van der Waals surface area contributed by atoms with Gasteiger partial charge in [-0.1, -0.05) is 30.3 Å². The van der Waals surface area contributed by atoms with Gasteiger partial charge < -0.3 is 10.0 Å². The maximum absolute atomic E-state index is 12.0. The molecule has 1 unspecified atom stereocenters. The highest BCUT2D eigenvalue weighted by Gasteiger charge is 2.27. The van der Waals surface area contributed by atoms with Gasteiger partial charge in [0.15, 0.2) is 0 Å². The molecular formula is C16H21NO3S. The molecule has 1 atom stereocenters. The molecule has 1 aromatic carbocycles. The molecule has 0 radical (unpaired) electrons. The van der Waals surface area contributed by atoms with Crippen LogP contribution in [0, 0.1) is 5.92 Å². The zero-order chi connectivity index (χ0) is 15.1. The Labute approximate surface area is 129 Å². The van der Waals surface area contributed by atoms with Crippen molar-refractivity contribution in [3.63, 3.8) is 0 Å². The molecule has 1 fully saturated rings. The van der Waals surface area contributed by atoms with E-state index < -0.39 is 5.97 Å². The third-order valence-electron chi connectivity index (χ3n) is 3.71. The normalized spacial score (nSPS) is 17.9. The minimum Gasteiger partial charge on any atom is -0.481 e. The lowest BCUT2D eigenvalue weighted by Gasteiger charge is -2.15. The van der Waals surface area contributed by atoms with Crippen LogP contribution in [0.1, 0.15) is 18.4 Å². The van der Waals surface area contributed by atoms with Crippen molar-refractivity contribution in [2.45, 2.75) is 19.3 Å². The summed E-state index contributed by atoms with van der Waals surface area (Å²) in [5, 5.41) is 8.77. The standard InChI is InChI=1S/C16H21NO3S/c18-15(17-8-6-14(11-17)10-16(19)20)12-21-9-7-13-4-2-1-3-5-13/h1-5,14H,6-12H2,(H,19,20). The van der Waals surface area contributed by atoms with E-state index in [4.69, 9.17) is 5.11 Å². The number of carboxylic acids is 1. The molecule has 1 heterocycles. The fourth-order valence-corrected chi connectivity index (χ4v) is 3.44. The van der Waals surface area contributed by atoms with E-state index in [-0.39, 0.29) is 18.2 Å². The van der Waals surface area contributed by atoms with Gasteiger partial charge in [-0.25, -0.2) is 0 Å². The molecule has 4 nitrogen and oxygen atoms in total. The van der Waals surface area contributed by atoms with Gasteiger partial charge in [-0.05, 0) is 30.1 Å². The lowest BCUT2D eigenvalue weighted by molar-refractivity contribution is -0.138. The number of amides is 1. The molecule has 114 valence electrons. The predicted octanol–water partition coefficient (Wildman–Crippen LogP) is 2.29. The number of nitrogens with zero attached hydrogens (tertiary/aromatic N) is 1. The molecule has 5 heteroatoms. The number of carbonyl (C=O) groups is 2. The van der Waals surface area contributed by atoms with Crippen molar-refractivity contribution in [3.8, 4) is 0 Å². The minimum atomic E-state index is -0.772. The van der Waals surface area contributed by atoms with Crippen LogP contribution in [0.4, 0.5) is 0 Å². The zero-order valence-corrected chi connectivity index (χ0v) is 12.8. The molecular weight excluding hydrogens is 286 g/mol. The number of aliphatic carboxylic acids is 1. The second-order valence-corrected chi connectivity index (χ2v) is 6.49. The predicted molar refractivity (Wildman–Crippen MR) is 84.4 cm³/mol. The highest BCUT2D eigenvalue weighted by atomic mass is 32.2. The van der Waals surface area contributed by atoms with Crippen molar-refractivity contribution in [3.05, 3.63) is 35.9 Å². The van der Waals surface area contributed by atoms with E-state index in [9.17, 15) is 9.59 Å². The SMILES string of the molecule is O=C(O)CC1CCN(C(=O)CSCCc2ccccc2)C1. The molecule has 1 aromatic rings. The lowest BCUT2D eigenvalue weighted by atomic mass is 10.1. The summed E-state index contributed by atoms with van der Waals surface area (Å²) in [4.78, 5) is 24.5. The summed E-state index contributed by atoms with van der Waals surface area (Å²) in [5.41, 5.74) is 1.29. The number of thioether (sulfide) groups is 1. The number of benzene rings is 1. The Hall–Kier alpha value is -1.49. The molecule has 0 aliphatic carbocycles. The fraction of sp³-hybridized carbons (Fsp3) is 0.500. The molecule has 0 spiro atoms. The average Bonchev–Trinajstić information content (AvgIpc) is 2.92. The van der Waals surface area contributed by atoms with Crippen molar-refractivity contribution in [2.24, 2.45) is 5.92 Å². The molecule has 1 N–H and O–H groups in total. The summed E-state index contributed by atoms with van der Waals surface area (Å²) < 4.78 is 0. The molecule has 21 heavy (non-hydrogen) atoms. The molecule has 1 saturated heterocycles. The van der Waals surface area contributed by atoms with Gasteiger partial charge >= 0.3 is 5.97 Å². The molecule has 1 amide bonds. The van der Waals surface area contributed by atoms with Crippen LogP contribution in [-0.2, 0) is 16.0 Å². The highest BCUT2D eigenvalue weighted by molar-refractivity contribution is 7.99. The molecule has 0 aromatic heterocycles. The monoisotopic (exact) mass is 307 g/mol. The van der Waals surface area contributed by atoms with E-state index in [0.29, 0.717) is 18.8 Å². The summed E-state index contributed by atoms with van der Waals surface area (Å²) in [6, 6.07) is 10.2. The highest BCUT2D eigenvalue weighted by Crippen LogP contribution is 2.20. The Balaban J connectivity index is 1.63. The molecule has 0 saturated carbocycles. The molecule has 2 rings (SSSR count). The Morgan fingerprint density at radius 2 is 2.05 bits per heavy atom. The second-order valence-electron chi connectivity index (χ2n) is 5.38. The van der Waals surface area contributed by atoms with Gasteiger partial charge in [0.2, 0.25) is 5.91 Å². The van der Waals surface area contributed by atoms with Gasteiger partial charge in [0, 0.05) is 19.5 Å². The van der Waals surface area contributed by atoms with Gasteiger partial charge in [0.05, 0.1) is 5.75 Å². The minimum absolute atomic E-state index is 0.126. The first-order chi connectivity index (χ1) is 10.1. The zero-order valence-electron chi connectivity index (χ0n) is 12.0. The topological polar surface area (TPSA) is 57.6 Å². The quantitative estimate of drug-likeness (QED) is 0.785. The molecule has 0 bridgehead atoms. The van der Waals surface area contributed by atoms with E-state index in [1.807, 2.05) is 23.1 Å². The number of likely N-dealkylation sites (tertiary alicyclic amines) is 1. The lowest BCUT2D eigenvalue weighted by Crippen LogP contribution is -2.30. The van der Waals surface area contributed by atoms with Crippen molar-refractivity contribution in [1.82, 2.24) is 4.90 Å². The van der Waals surface area contributed by atoms with E-state index >= 15 is 0 Å². The van der Waals surface area contributed by atoms with Gasteiger partial charge in [0.1, 0.15) is 0 Å². The van der Waals surface area contributed by atoms with Crippen molar-refractivity contribution >= 4 is 23.6 Å². The first-order valence-corrected chi connectivity index (χ1v) is 8.42. The number of carboxylic acid groups (broad SMARTS) is 1. The van der Waals surface area contributed by atoms with Crippen LogP contribution in [-0.4, -0.2) is 46.5 Å². The van der Waals surface area contributed by atoms with Crippen LogP contribution in [0.2, 0.25) is 0 Å². The summed E-state index contributed by atoms with van der Waals surface area (Å²) >= 11 is 1.65. The Bertz CT molecular complexity index is 478. The third-order valence-corrected chi connectivity index (χ3v) is 4.65. The Kier molecular flexibility index (Phi) is 6.11. The number of carbonyl (C=O) groups excluding carboxylic acids is 1. The van der Waals surface area contributed by atoms with E-state index in [2.05, 4.69) is 12.1 Å². The van der Waals surface area contributed by atoms with Gasteiger partial charge in [-0.2, -0.15) is 11.8 Å². The van der Waals surface area contributed by atoms with Crippen LogP contribution < -0.4 is 0 Å². The van der Waals surface area contributed by atoms with Crippen LogP contribution in [0.15, 0.2) is 30.3 Å². The van der Waals surface area contributed by atoms with Gasteiger partial charge in [-0.3, -0.25) is 9.59 Å². The van der Waals surface area contributed by atoms with Crippen LogP contribution in [0.5, 0.6) is 0 Å². The van der Waals surface area contributed by atoms with Crippen molar-refractivity contribution in [1.29, 1.82) is 0 Å². The number of aryl methyl sites for hydroxylation is 1. The second kappa shape index (κ2) is 8.08. The fourth-order valence-electron chi connectivity index (χ4n) is 2.56. The van der Waals surface area contributed by atoms with Gasteiger partial charge in [-0.15, -0.1) is 0 Å². The maximum Gasteiger partial charge on any atom is 0.303 e. The van der Waals surface area contributed by atoms with E-state index in [0.717, 1.165) is 18.6 Å². The summed E-state index contributed by atoms with van der Waals surface area (Å²) in [6.07, 6.45) is 1.96. The average molecular weight is 307 g/mol. The maximum atomic E-state index is 12.0. The first-order valence-electron chi connectivity index (χ1n) is 7.26. The molecule has 1 aliphatic rings. The van der Waals surface area contributed by atoms with E-state index in [1.54, 1.807) is 11.8 Å². The van der Waals surface area contributed by atoms with E-state index in [1.165, 1.54) is 5.56 Å². The number of hydrogen-bond acceptors (Lipinski definition) is 3. The largest absolute Gasteiger partial charge is 0.481 e. The number of rotatable bonds is 7. The van der Waals surface area contributed by atoms with Crippen molar-refractivity contribution < 1.29 is 14.7 Å². The van der Waals surface area contributed by atoms with Crippen LogP contribution in [0.3, 0.4) is 0 Å². The first kappa shape index (κ1) is 15.9. The van der Waals surface area contributed by atoms with Crippen LogP contribution >= 0.6 is 11.8 Å². The Morgan fingerprint density at radius 1 is 1.29 bits per heavy atom. The summed E-state index contributed by atoms with van der Waals surface area (Å²) in [5.74, 6) is 0.919. The number of hydrogen-bond donors (Lipinski definition) is 1. The summed E-state index contributed by atoms with van der Waals surface area (Å²) in [7, 11) is 0.